The SMILES string of the molecule is CCN1CCN(CC(c2ccccn2)N2CCNC(C)C2)CC1. The molecule has 2 unspecified atom stereocenters. The summed E-state index contributed by atoms with van der Waals surface area (Å²) in [6, 6.07) is 7.30. The van der Waals surface area contributed by atoms with Crippen molar-refractivity contribution in [2.45, 2.75) is 25.9 Å². The Bertz CT molecular complexity index is 458. The maximum absolute atomic E-state index is 4.68. The van der Waals surface area contributed by atoms with Crippen molar-refractivity contribution >= 4 is 0 Å². The van der Waals surface area contributed by atoms with Crippen molar-refractivity contribution < 1.29 is 0 Å². The molecule has 1 aromatic rings. The van der Waals surface area contributed by atoms with Crippen molar-refractivity contribution in [3.63, 3.8) is 0 Å². The number of nitrogens with one attached hydrogen (secondary N) is 1. The Labute approximate surface area is 140 Å². The van der Waals surface area contributed by atoms with Gasteiger partial charge in [-0.25, -0.2) is 0 Å². The summed E-state index contributed by atoms with van der Waals surface area (Å²) in [7, 11) is 0. The van der Waals surface area contributed by atoms with Crippen molar-refractivity contribution in [3.8, 4) is 0 Å². The van der Waals surface area contributed by atoms with Crippen LogP contribution in [0.15, 0.2) is 24.4 Å². The first-order chi connectivity index (χ1) is 11.3. The summed E-state index contributed by atoms with van der Waals surface area (Å²) in [5, 5.41) is 3.55. The van der Waals surface area contributed by atoms with Gasteiger partial charge in [-0.3, -0.25) is 14.8 Å². The number of likely N-dealkylation sites (N-methyl/N-ethyl adjacent to an activating group) is 1. The fourth-order valence-electron chi connectivity index (χ4n) is 3.75. The van der Waals surface area contributed by atoms with Gasteiger partial charge in [0.25, 0.3) is 0 Å². The molecule has 0 spiro atoms. The molecule has 2 aliphatic rings. The molecule has 0 aliphatic carbocycles. The molecule has 23 heavy (non-hydrogen) atoms. The Hall–Kier alpha value is -1.01. The van der Waals surface area contributed by atoms with Crippen LogP contribution >= 0.6 is 0 Å². The number of piperazine rings is 2. The second-order valence-corrected chi connectivity index (χ2v) is 6.86. The minimum absolute atomic E-state index is 0.411. The largest absolute Gasteiger partial charge is 0.312 e. The highest BCUT2D eigenvalue weighted by Crippen LogP contribution is 2.22. The van der Waals surface area contributed by atoms with Crippen LogP contribution in [0, 0.1) is 0 Å². The van der Waals surface area contributed by atoms with Gasteiger partial charge in [0.05, 0.1) is 11.7 Å². The van der Waals surface area contributed by atoms with Crippen molar-refractivity contribution in [3.05, 3.63) is 30.1 Å². The summed E-state index contributed by atoms with van der Waals surface area (Å²) >= 11 is 0. The predicted octanol–water partition coefficient (Wildman–Crippen LogP) is 1.05. The molecule has 1 aromatic heterocycles. The normalized spacial score (nSPS) is 26.3. The molecule has 0 saturated carbocycles. The lowest BCUT2D eigenvalue weighted by Gasteiger charge is -2.41. The molecule has 2 fully saturated rings. The average Bonchev–Trinajstić information content (AvgIpc) is 2.61. The summed E-state index contributed by atoms with van der Waals surface area (Å²) < 4.78 is 0. The molecular formula is C18H31N5. The van der Waals surface area contributed by atoms with E-state index in [4.69, 9.17) is 0 Å². The van der Waals surface area contributed by atoms with E-state index in [1.165, 1.54) is 38.4 Å². The molecular weight excluding hydrogens is 286 g/mol. The van der Waals surface area contributed by atoms with Gasteiger partial charge in [-0.1, -0.05) is 13.0 Å². The van der Waals surface area contributed by atoms with Crippen LogP contribution in [-0.4, -0.2) is 84.6 Å². The lowest BCUT2D eigenvalue weighted by atomic mass is 10.1. The topological polar surface area (TPSA) is 34.6 Å². The molecule has 5 nitrogen and oxygen atoms in total. The fourth-order valence-corrected chi connectivity index (χ4v) is 3.75. The Balaban J connectivity index is 1.68. The maximum atomic E-state index is 4.68. The highest BCUT2D eigenvalue weighted by molar-refractivity contribution is 5.10. The summed E-state index contributed by atoms with van der Waals surface area (Å²) in [6.07, 6.45) is 1.93. The fraction of sp³-hybridized carbons (Fsp3) is 0.722. The first kappa shape index (κ1) is 16.8. The Morgan fingerprint density at radius 2 is 1.96 bits per heavy atom. The monoisotopic (exact) mass is 317 g/mol. The first-order valence-corrected chi connectivity index (χ1v) is 9.09. The zero-order valence-corrected chi connectivity index (χ0v) is 14.6. The third kappa shape index (κ3) is 4.51. The first-order valence-electron chi connectivity index (χ1n) is 9.09. The number of nitrogens with zero attached hydrogens (tertiary/aromatic N) is 4. The Morgan fingerprint density at radius 1 is 1.17 bits per heavy atom. The summed E-state index contributed by atoms with van der Waals surface area (Å²) in [5.74, 6) is 0. The van der Waals surface area contributed by atoms with Crippen LogP contribution in [0.25, 0.3) is 0 Å². The van der Waals surface area contributed by atoms with Crippen LogP contribution in [0.1, 0.15) is 25.6 Å². The van der Waals surface area contributed by atoms with Gasteiger partial charge in [0, 0.05) is 64.6 Å². The van der Waals surface area contributed by atoms with Gasteiger partial charge in [0.2, 0.25) is 0 Å². The third-order valence-corrected chi connectivity index (χ3v) is 5.21. The second kappa shape index (κ2) is 8.20. The number of hydrogen-bond acceptors (Lipinski definition) is 5. The van der Waals surface area contributed by atoms with Gasteiger partial charge in [-0.05, 0) is 25.6 Å². The minimum Gasteiger partial charge on any atom is -0.312 e. The summed E-state index contributed by atoms with van der Waals surface area (Å²) in [5.41, 5.74) is 1.22. The Morgan fingerprint density at radius 3 is 2.61 bits per heavy atom. The number of hydrogen-bond donors (Lipinski definition) is 1. The van der Waals surface area contributed by atoms with Crippen molar-refractivity contribution in [1.82, 2.24) is 25.0 Å². The molecule has 128 valence electrons. The van der Waals surface area contributed by atoms with E-state index in [1.54, 1.807) is 0 Å². The highest BCUT2D eigenvalue weighted by atomic mass is 15.3. The van der Waals surface area contributed by atoms with E-state index in [9.17, 15) is 0 Å². The maximum Gasteiger partial charge on any atom is 0.0650 e. The van der Waals surface area contributed by atoms with Crippen molar-refractivity contribution in [2.24, 2.45) is 0 Å². The molecule has 3 heterocycles. The molecule has 2 saturated heterocycles. The molecule has 0 amide bonds. The van der Waals surface area contributed by atoms with Crippen LogP contribution in [0.3, 0.4) is 0 Å². The van der Waals surface area contributed by atoms with E-state index in [0.717, 1.165) is 26.2 Å². The van der Waals surface area contributed by atoms with Crippen molar-refractivity contribution in [1.29, 1.82) is 0 Å². The van der Waals surface area contributed by atoms with E-state index in [2.05, 4.69) is 51.0 Å². The van der Waals surface area contributed by atoms with Crippen LogP contribution in [0.4, 0.5) is 0 Å². The molecule has 0 aromatic carbocycles. The standard InChI is InChI=1S/C18H31N5/c1-3-21-10-12-22(13-11-21)15-18(17-6-4-5-7-20-17)23-9-8-19-16(2)14-23/h4-7,16,18-19H,3,8-15H2,1-2H3. The van der Waals surface area contributed by atoms with Gasteiger partial charge < -0.3 is 10.2 Å². The number of pyridine rings is 1. The van der Waals surface area contributed by atoms with E-state index in [1.807, 2.05) is 12.3 Å². The highest BCUT2D eigenvalue weighted by Gasteiger charge is 2.28. The summed E-state index contributed by atoms with van der Waals surface area (Å²) in [6.45, 7) is 14.9. The quantitative estimate of drug-likeness (QED) is 0.878. The van der Waals surface area contributed by atoms with E-state index < -0.39 is 0 Å². The zero-order chi connectivity index (χ0) is 16.1. The second-order valence-electron chi connectivity index (χ2n) is 6.86. The molecule has 2 aliphatic heterocycles. The Kier molecular flexibility index (Phi) is 6.00. The van der Waals surface area contributed by atoms with Gasteiger partial charge in [0.1, 0.15) is 0 Å². The zero-order valence-electron chi connectivity index (χ0n) is 14.6. The molecule has 0 bridgehead atoms. The summed E-state index contributed by atoms with van der Waals surface area (Å²) in [4.78, 5) is 12.5. The number of rotatable bonds is 5. The van der Waals surface area contributed by atoms with E-state index in [0.29, 0.717) is 12.1 Å². The van der Waals surface area contributed by atoms with Crippen molar-refractivity contribution in [2.75, 3.05) is 58.9 Å². The third-order valence-electron chi connectivity index (χ3n) is 5.21. The van der Waals surface area contributed by atoms with Gasteiger partial charge in [-0.15, -0.1) is 0 Å². The lowest BCUT2D eigenvalue weighted by molar-refractivity contribution is 0.0764. The van der Waals surface area contributed by atoms with Gasteiger partial charge in [0.15, 0.2) is 0 Å². The van der Waals surface area contributed by atoms with E-state index in [-0.39, 0.29) is 0 Å². The minimum atomic E-state index is 0.411. The molecule has 0 radical (unpaired) electrons. The van der Waals surface area contributed by atoms with Gasteiger partial charge in [-0.2, -0.15) is 0 Å². The smallest absolute Gasteiger partial charge is 0.0650 e. The molecule has 1 N–H and O–H groups in total. The molecule has 3 rings (SSSR count). The average molecular weight is 317 g/mol. The van der Waals surface area contributed by atoms with Gasteiger partial charge >= 0.3 is 0 Å². The molecule has 5 heteroatoms. The predicted molar refractivity (Wildman–Crippen MR) is 94.6 cm³/mol. The van der Waals surface area contributed by atoms with Crippen LogP contribution < -0.4 is 5.32 Å². The molecule has 2 atom stereocenters. The van der Waals surface area contributed by atoms with Crippen LogP contribution in [0.5, 0.6) is 0 Å². The van der Waals surface area contributed by atoms with E-state index >= 15 is 0 Å². The number of aromatic nitrogens is 1. The van der Waals surface area contributed by atoms with Crippen LogP contribution in [0.2, 0.25) is 0 Å². The lowest BCUT2D eigenvalue weighted by Crippen LogP contribution is -2.54. The van der Waals surface area contributed by atoms with Crippen LogP contribution in [-0.2, 0) is 0 Å².